The van der Waals surface area contributed by atoms with E-state index in [0.29, 0.717) is 10.7 Å². The second kappa shape index (κ2) is 5.60. The Hall–Kier alpha value is -0.920. The van der Waals surface area contributed by atoms with Crippen LogP contribution in [0.5, 0.6) is 0 Å². The summed E-state index contributed by atoms with van der Waals surface area (Å²) in [7, 11) is 3.49. The summed E-state index contributed by atoms with van der Waals surface area (Å²) in [4.78, 5) is 15.0. The predicted octanol–water partition coefficient (Wildman–Crippen LogP) is 2.39. The molecule has 1 aromatic rings. The van der Waals surface area contributed by atoms with Crippen LogP contribution in [0.25, 0.3) is 0 Å². The minimum absolute atomic E-state index is 0.0190. The van der Waals surface area contributed by atoms with Crippen molar-refractivity contribution in [2.45, 2.75) is 13.0 Å². The van der Waals surface area contributed by atoms with Crippen LogP contribution in [0.4, 0.5) is 0 Å². The van der Waals surface area contributed by atoms with E-state index in [2.05, 4.69) is 26.6 Å². The van der Waals surface area contributed by atoms with Crippen LogP contribution in [0.15, 0.2) is 27.2 Å². The number of nitrogens with one attached hydrogen (secondary N) is 2. The Bertz CT molecular complexity index is 565. The molecule has 1 amide bonds. The number of nitrogens with zero attached hydrogens (tertiary/aromatic N) is 1. The fraction of sp³-hybridized carbons (Fsp3) is 0.333. The van der Waals surface area contributed by atoms with Crippen molar-refractivity contribution >= 4 is 50.5 Å². The van der Waals surface area contributed by atoms with Crippen molar-refractivity contribution < 1.29 is 4.79 Å². The summed E-state index contributed by atoms with van der Waals surface area (Å²) in [5, 5.41) is 8.72. The van der Waals surface area contributed by atoms with Crippen LogP contribution in [0, 0.1) is 0 Å². The highest BCUT2D eigenvalue weighted by atomic mass is 79.9. The minimum Gasteiger partial charge on any atom is -0.350 e. The van der Waals surface area contributed by atoms with Gasteiger partial charge in [0.2, 0.25) is 0 Å². The number of thiophene rings is 1. The van der Waals surface area contributed by atoms with Crippen LogP contribution < -0.4 is 10.6 Å². The fourth-order valence-corrected chi connectivity index (χ4v) is 3.69. The van der Waals surface area contributed by atoms with E-state index < -0.39 is 0 Å². The maximum absolute atomic E-state index is 12.3. The van der Waals surface area contributed by atoms with Crippen LogP contribution >= 0.6 is 39.5 Å². The van der Waals surface area contributed by atoms with Gasteiger partial charge in [-0.2, -0.15) is 0 Å². The molecule has 0 fully saturated rings. The van der Waals surface area contributed by atoms with Crippen LogP contribution in [0.3, 0.4) is 0 Å². The molecule has 0 unspecified atom stereocenters. The second-order valence-electron chi connectivity index (χ2n) is 4.44. The molecule has 1 atom stereocenters. The largest absolute Gasteiger partial charge is 0.350 e. The normalized spacial score (nSPS) is 18.9. The van der Waals surface area contributed by atoms with Gasteiger partial charge in [0, 0.05) is 34.5 Å². The zero-order valence-corrected chi connectivity index (χ0v) is 14.0. The van der Waals surface area contributed by atoms with Crippen LogP contribution in [0.1, 0.15) is 17.8 Å². The van der Waals surface area contributed by atoms with E-state index in [1.165, 1.54) is 0 Å². The Balaban J connectivity index is 2.46. The highest BCUT2D eigenvalue weighted by Gasteiger charge is 2.31. The molecule has 0 aliphatic carbocycles. The van der Waals surface area contributed by atoms with Crippen LogP contribution in [0.2, 0.25) is 0 Å². The Morgan fingerprint density at radius 3 is 2.74 bits per heavy atom. The predicted molar refractivity (Wildman–Crippen MR) is 85.0 cm³/mol. The Morgan fingerprint density at radius 2 is 2.21 bits per heavy atom. The van der Waals surface area contributed by atoms with Gasteiger partial charge in [-0.25, -0.2) is 0 Å². The molecule has 0 aromatic carbocycles. The lowest BCUT2D eigenvalue weighted by Gasteiger charge is -2.30. The first-order chi connectivity index (χ1) is 8.90. The zero-order valence-electron chi connectivity index (χ0n) is 10.8. The molecule has 1 aliphatic rings. The topological polar surface area (TPSA) is 44.4 Å². The van der Waals surface area contributed by atoms with Gasteiger partial charge in [-0.3, -0.25) is 4.79 Å². The van der Waals surface area contributed by atoms with E-state index in [1.807, 2.05) is 18.4 Å². The number of thiocarbonyl (C=S) groups is 1. The first-order valence-corrected chi connectivity index (χ1v) is 7.72. The maximum Gasteiger partial charge on any atom is 0.253 e. The summed E-state index contributed by atoms with van der Waals surface area (Å²) in [6.07, 6.45) is 0. The fourth-order valence-electron chi connectivity index (χ4n) is 1.91. The first-order valence-electron chi connectivity index (χ1n) is 5.64. The molecule has 1 aromatic heterocycles. The third kappa shape index (κ3) is 2.98. The van der Waals surface area contributed by atoms with Gasteiger partial charge in [0.05, 0.1) is 11.6 Å². The molecule has 2 heterocycles. The van der Waals surface area contributed by atoms with E-state index in [9.17, 15) is 4.79 Å². The maximum atomic E-state index is 12.3. The number of halogens is 1. The number of likely N-dealkylation sites (N-methyl/N-ethyl adjacent to an activating group) is 1. The van der Waals surface area contributed by atoms with Crippen molar-refractivity contribution in [3.8, 4) is 0 Å². The molecule has 0 saturated heterocycles. The lowest BCUT2D eigenvalue weighted by Crippen LogP contribution is -2.46. The highest BCUT2D eigenvalue weighted by Crippen LogP contribution is 2.33. The van der Waals surface area contributed by atoms with Crippen molar-refractivity contribution in [3.05, 3.63) is 32.1 Å². The van der Waals surface area contributed by atoms with Gasteiger partial charge in [0.1, 0.15) is 0 Å². The highest BCUT2D eigenvalue weighted by molar-refractivity contribution is 9.10. The molecule has 102 valence electrons. The summed E-state index contributed by atoms with van der Waals surface area (Å²) in [6, 6.07) is 1.81. The standard InChI is InChI=1S/C12H14BrN3OS2/c1-6-9(11(17)16(2)3)10(15-12(18)14-6)8-4-7(13)5-19-8/h4-5,10H,1-3H3,(H2,14,15,18)/t10-/m0/s1. The Labute approximate surface area is 130 Å². The van der Waals surface area contributed by atoms with Gasteiger partial charge < -0.3 is 15.5 Å². The smallest absolute Gasteiger partial charge is 0.253 e. The van der Waals surface area contributed by atoms with Gasteiger partial charge in [-0.1, -0.05) is 0 Å². The number of amides is 1. The molecule has 1 aliphatic heterocycles. The number of carbonyl (C=O) groups excluding carboxylic acids is 1. The summed E-state index contributed by atoms with van der Waals surface area (Å²) in [5.41, 5.74) is 1.50. The van der Waals surface area contributed by atoms with Crippen molar-refractivity contribution in [2.24, 2.45) is 0 Å². The molecule has 0 radical (unpaired) electrons. The summed E-state index contributed by atoms with van der Waals surface area (Å²) < 4.78 is 1.01. The van der Waals surface area contributed by atoms with Crippen molar-refractivity contribution in [2.75, 3.05) is 14.1 Å². The SMILES string of the molecule is CC1=C(C(=O)N(C)C)[C@H](c2cc(Br)cs2)NC(=S)N1. The van der Waals surface area contributed by atoms with Gasteiger partial charge in [-0.15, -0.1) is 11.3 Å². The lowest BCUT2D eigenvalue weighted by molar-refractivity contribution is -0.125. The molecular weight excluding hydrogens is 346 g/mol. The van der Waals surface area contributed by atoms with Gasteiger partial charge in [0.15, 0.2) is 5.11 Å². The Morgan fingerprint density at radius 1 is 1.53 bits per heavy atom. The third-order valence-corrected chi connectivity index (χ3v) is 4.76. The van der Waals surface area contributed by atoms with E-state index in [4.69, 9.17) is 12.2 Å². The quantitative estimate of drug-likeness (QED) is 0.795. The number of rotatable bonds is 2. The van der Waals surface area contributed by atoms with Gasteiger partial charge in [0.25, 0.3) is 5.91 Å². The summed E-state index contributed by atoms with van der Waals surface area (Å²) in [5.74, 6) is -0.0190. The van der Waals surface area contributed by atoms with E-state index in [1.54, 1.807) is 30.3 Å². The minimum atomic E-state index is -0.194. The summed E-state index contributed by atoms with van der Waals surface area (Å²) in [6.45, 7) is 1.87. The lowest BCUT2D eigenvalue weighted by atomic mass is 10.0. The monoisotopic (exact) mass is 359 g/mol. The van der Waals surface area contributed by atoms with Crippen molar-refractivity contribution in [3.63, 3.8) is 0 Å². The zero-order chi connectivity index (χ0) is 14.2. The second-order valence-corrected chi connectivity index (χ2v) is 6.70. The van der Waals surface area contributed by atoms with Gasteiger partial charge >= 0.3 is 0 Å². The first kappa shape index (κ1) is 14.5. The van der Waals surface area contributed by atoms with Crippen molar-refractivity contribution in [1.29, 1.82) is 0 Å². The van der Waals surface area contributed by atoms with Crippen LogP contribution in [-0.2, 0) is 4.79 Å². The number of hydrogen-bond acceptors (Lipinski definition) is 3. The molecule has 0 saturated carbocycles. The number of allylic oxidation sites excluding steroid dienone is 1. The Kier molecular flexibility index (Phi) is 4.27. The van der Waals surface area contributed by atoms with E-state index in [0.717, 1.165) is 15.0 Å². The molecule has 7 heteroatoms. The van der Waals surface area contributed by atoms with Crippen molar-refractivity contribution in [1.82, 2.24) is 15.5 Å². The van der Waals surface area contributed by atoms with Crippen LogP contribution in [-0.4, -0.2) is 30.0 Å². The average Bonchev–Trinajstić information content (AvgIpc) is 2.74. The molecular formula is C12H14BrN3OS2. The molecule has 4 nitrogen and oxygen atoms in total. The van der Waals surface area contributed by atoms with Gasteiger partial charge in [-0.05, 0) is 41.1 Å². The molecule has 2 rings (SSSR count). The third-order valence-electron chi connectivity index (χ3n) is 2.78. The van der Waals surface area contributed by atoms with E-state index in [-0.39, 0.29) is 11.9 Å². The molecule has 0 bridgehead atoms. The molecule has 19 heavy (non-hydrogen) atoms. The average molecular weight is 360 g/mol. The summed E-state index contributed by atoms with van der Waals surface area (Å²) >= 11 is 10.2. The van der Waals surface area contributed by atoms with E-state index >= 15 is 0 Å². The molecule has 2 N–H and O–H groups in total. The number of hydrogen-bond donors (Lipinski definition) is 2. The molecule has 0 spiro atoms. The number of carbonyl (C=O) groups is 1.